The molecule has 2 amide bonds. The SMILES string of the molecule is CCc1ccccc1NC(=O)c1ccnc(CNC(=O)OC)c1. The molecule has 2 N–H and O–H groups in total. The molecule has 23 heavy (non-hydrogen) atoms. The van der Waals surface area contributed by atoms with Crippen molar-refractivity contribution in [3.05, 3.63) is 59.4 Å². The summed E-state index contributed by atoms with van der Waals surface area (Å²) in [6.45, 7) is 2.23. The van der Waals surface area contributed by atoms with E-state index in [1.54, 1.807) is 12.1 Å². The fourth-order valence-electron chi connectivity index (χ4n) is 2.10. The molecule has 0 radical (unpaired) electrons. The maximum atomic E-state index is 12.4. The van der Waals surface area contributed by atoms with Crippen LogP contribution in [0.4, 0.5) is 10.5 Å². The topological polar surface area (TPSA) is 80.3 Å². The van der Waals surface area contributed by atoms with Crippen LogP contribution < -0.4 is 10.6 Å². The zero-order valence-corrected chi connectivity index (χ0v) is 13.1. The van der Waals surface area contributed by atoms with E-state index in [9.17, 15) is 9.59 Å². The number of aromatic nitrogens is 1. The van der Waals surface area contributed by atoms with Gasteiger partial charge in [0.2, 0.25) is 0 Å². The molecule has 2 aromatic rings. The van der Waals surface area contributed by atoms with Gasteiger partial charge in [0.15, 0.2) is 0 Å². The van der Waals surface area contributed by atoms with E-state index in [1.165, 1.54) is 13.3 Å². The second-order valence-corrected chi connectivity index (χ2v) is 4.85. The molecule has 1 heterocycles. The molecule has 0 saturated carbocycles. The van der Waals surface area contributed by atoms with Crippen LogP contribution in [0, 0.1) is 0 Å². The van der Waals surface area contributed by atoms with Crippen LogP contribution in [0.1, 0.15) is 28.5 Å². The van der Waals surface area contributed by atoms with Crippen molar-refractivity contribution in [3.8, 4) is 0 Å². The number of hydrogen-bond donors (Lipinski definition) is 2. The summed E-state index contributed by atoms with van der Waals surface area (Å²) in [4.78, 5) is 27.6. The van der Waals surface area contributed by atoms with Gasteiger partial charge >= 0.3 is 6.09 Å². The third-order valence-corrected chi connectivity index (χ3v) is 3.32. The Morgan fingerprint density at radius 2 is 2.00 bits per heavy atom. The number of hydrogen-bond acceptors (Lipinski definition) is 4. The van der Waals surface area contributed by atoms with Crippen LogP contribution in [0.15, 0.2) is 42.6 Å². The molecule has 1 aromatic carbocycles. The predicted molar refractivity (Wildman–Crippen MR) is 87.3 cm³/mol. The highest BCUT2D eigenvalue weighted by molar-refractivity contribution is 6.04. The Morgan fingerprint density at radius 1 is 1.22 bits per heavy atom. The van der Waals surface area contributed by atoms with Crippen LogP contribution in [0.25, 0.3) is 0 Å². The number of benzene rings is 1. The molecule has 120 valence electrons. The molecular formula is C17H19N3O3. The number of methoxy groups -OCH3 is 1. The van der Waals surface area contributed by atoms with Crippen LogP contribution >= 0.6 is 0 Å². The Labute approximate surface area is 134 Å². The highest BCUT2D eigenvalue weighted by atomic mass is 16.5. The largest absolute Gasteiger partial charge is 0.453 e. The summed E-state index contributed by atoms with van der Waals surface area (Å²) in [6, 6.07) is 10.9. The van der Waals surface area contributed by atoms with E-state index in [0.29, 0.717) is 11.3 Å². The van der Waals surface area contributed by atoms with E-state index >= 15 is 0 Å². The Kier molecular flexibility index (Phi) is 5.68. The number of anilines is 1. The van der Waals surface area contributed by atoms with E-state index in [2.05, 4.69) is 20.4 Å². The van der Waals surface area contributed by atoms with Crippen molar-refractivity contribution >= 4 is 17.7 Å². The van der Waals surface area contributed by atoms with Gasteiger partial charge in [-0.05, 0) is 30.2 Å². The van der Waals surface area contributed by atoms with Crippen LogP contribution in [-0.2, 0) is 17.7 Å². The first kappa shape index (κ1) is 16.5. The maximum Gasteiger partial charge on any atom is 0.407 e. The van der Waals surface area contributed by atoms with Gasteiger partial charge in [-0.2, -0.15) is 0 Å². The summed E-state index contributed by atoms with van der Waals surface area (Å²) in [5, 5.41) is 5.43. The Hall–Kier alpha value is -2.89. The van der Waals surface area contributed by atoms with Crippen molar-refractivity contribution < 1.29 is 14.3 Å². The average molecular weight is 313 g/mol. The molecule has 1 aromatic heterocycles. The summed E-state index contributed by atoms with van der Waals surface area (Å²) >= 11 is 0. The highest BCUT2D eigenvalue weighted by Gasteiger charge is 2.10. The first-order valence-electron chi connectivity index (χ1n) is 7.30. The number of rotatable bonds is 5. The number of nitrogens with one attached hydrogen (secondary N) is 2. The molecule has 6 heteroatoms. The van der Waals surface area contributed by atoms with Crippen LogP contribution in [0.3, 0.4) is 0 Å². The minimum absolute atomic E-state index is 0.194. The number of alkyl carbamates (subject to hydrolysis) is 1. The van der Waals surface area contributed by atoms with Gasteiger partial charge in [0.25, 0.3) is 5.91 Å². The maximum absolute atomic E-state index is 12.4. The average Bonchev–Trinajstić information content (AvgIpc) is 2.60. The first-order valence-corrected chi connectivity index (χ1v) is 7.30. The van der Waals surface area contributed by atoms with E-state index in [4.69, 9.17) is 0 Å². The van der Waals surface area contributed by atoms with Gasteiger partial charge in [-0.3, -0.25) is 9.78 Å². The van der Waals surface area contributed by atoms with E-state index in [-0.39, 0.29) is 12.5 Å². The molecule has 0 saturated heterocycles. The first-order chi connectivity index (χ1) is 11.1. The van der Waals surface area contributed by atoms with Gasteiger partial charge in [-0.1, -0.05) is 25.1 Å². The number of ether oxygens (including phenoxy) is 1. The lowest BCUT2D eigenvalue weighted by Gasteiger charge is -2.10. The summed E-state index contributed by atoms with van der Waals surface area (Å²) in [5.74, 6) is -0.215. The number of pyridine rings is 1. The quantitative estimate of drug-likeness (QED) is 0.889. The standard InChI is InChI=1S/C17H19N3O3/c1-3-12-6-4-5-7-15(12)20-16(21)13-8-9-18-14(10-13)11-19-17(22)23-2/h4-10H,3,11H2,1-2H3,(H,19,22)(H,20,21). The molecule has 0 fully saturated rings. The van der Waals surface area contributed by atoms with Gasteiger partial charge in [0.1, 0.15) is 0 Å². The fraction of sp³-hybridized carbons (Fsp3) is 0.235. The summed E-state index contributed by atoms with van der Waals surface area (Å²) in [6.07, 6.45) is 1.83. The zero-order chi connectivity index (χ0) is 16.7. The minimum atomic E-state index is -0.543. The zero-order valence-electron chi connectivity index (χ0n) is 13.1. The molecule has 2 rings (SSSR count). The third-order valence-electron chi connectivity index (χ3n) is 3.32. The number of aryl methyl sites for hydroxylation is 1. The van der Waals surface area contributed by atoms with Gasteiger partial charge in [0.05, 0.1) is 19.3 Å². The van der Waals surface area contributed by atoms with Gasteiger partial charge < -0.3 is 15.4 Å². The molecule has 0 aliphatic heterocycles. The van der Waals surface area contributed by atoms with E-state index in [1.807, 2.05) is 31.2 Å². The molecule has 0 aliphatic carbocycles. The molecular weight excluding hydrogens is 294 g/mol. The summed E-state index contributed by atoms with van der Waals surface area (Å²) in [7, 11) is 1.29. The van der Waals surface area contributed by atoms with Crippen molar-refractivity contribution in [2.75, 3.05) is 12.4 Å². The Bertz CT molecular complexity index is 701. The monoisotopic (exact) mass is 313 g/mol. The molecule has 0 bridgehead atoms. The van der Waals surface area contributed by atoms with Crippen LogP contribution in [0.2, 0.25) is 0 Å². The fourth-order valence-corrected chi connectivity index (χ4v) is 2.10. The number of carbonyl (C=O) groups excluding carboxylic acids is 2. The predicted octanol–water partition coefficient (Wildman–Crippen LogP) is 2.75. The highest BCUT2D eigenvalue weighted by Crippen LogP contribution is 2.16. The second-order valence-electron chi connectivity index (χ2n) is 4.85. The van der Waals surface area contributed by atoms with Gasteiger partial charge in [-0.15, -0.1) is 0 Å². The molecule has 0 atom stereocenters. The van der Waals surface area contributed by atoms with E-state index < -0.39 is 6.09 Å². The van der Waals surface area contributed by atoms with Crippen molar-refractivity contribution in [3.63, 3.8) is 0 Å². The Balaban J connectivity index is 2.09. The lowest BCUT2D eigenvalue weighted by Crippen LogP contribution is -2.23. The molecule has 0 unspecified atom stereocenters. The van der Waals surface area contributed by atoms with Crippen molar-refractivity contribution in [1.29, 1.82) is 0 Å². The Morgan fingerprint density at radius 3 is 2.74 bits per heavy atom. The normalized spacial score (nSPS) is 10.0. The lowest BCUT2D eigenvalue weighted by atomic mass is 10.1. The minimum Gasteiger partial charge on any atom is -0.453 e. The number of amides is 2. The van der Waals surface area contributed by atoms with Crippen molar-refractivity contribution in [2.45, 2.75) is 19.9 Å². The number of para-hydroxylation sites is 1. The number of nitrogens with zero attached hydrogens (tertiary/aromatic N) is 1. The third kappa shape index (κ3) is 4.54. The van der Waals surface area contributed by atoms with Crippen molar-refractivity contribution in [1.82, 2.24) is 10.3 Å². The molecule has 6 nitrogen and oxygen atoms in total. The molecule has 0 aliphatic rings. The van der Waals surface area contributed by atoms with Gasteiger partial charge in [-0.25, -0.2) is 4.79 Å². The van der Waals surface area contributed by atoms with Gasteiger partial charge in [0, 0.05) is 17.4 Å². The second kappa shape index (κ2) is 7.93. The lowest BCUT2D eigenvalue weighted by molar-refractivity contribution is 0.102. The number of carbonyl (C=O) groups is 2. The van der Waals surface area contributed by atoms with E-state index in [0.717, 1.165) is 17.7 Å². The van der Waals surface area contributed by atoms with Crippen LogP contribution in [-0.4, -0.2) is 24.1 Å². The summed E-state index contributed by atoms with van der Waals surface area (Å²) < 4.78 is 4.50. The smallest absolute Gasteiger partial charge is 0.407 e. The van der Waals surface area contributed by atoms with Crippen molar-refractivity contribution in [2.24, 2.45) is 0 Å². The molecule has 0 spiro atoms. The van der Waals surface area contributed by atoms with Crippen LogP contribution in [0.5, 0.6) is 0 Å². The summed E-state index contributed by atoms with van der Waals surface area (Å²) in [5.41, 5.74) is 2.92.